The normalized spacial score (nSPS) is 12.8. The zero-order valence-electron chi connectivity index (χ0n) is 7.33. The number of para-hydroxylation sites is 1. The average Bonchev–Trinajstić information content (AvgIpc) is 2.03. The van der Waals surface area contributed by atoms with Gasteiger partial charge in [0.2, 0.25) is 0 Å². The summed E-state index contributed by atoms with van der Waals surface area (Å²) >= 11 is 0. The van der Waals surface area contributed by atoms with Crippen LogP contribution in [-0.2, 0) is 6.42 Å². The molecule has 0 amide bonds. The maximum atomic E-state index is 9.06. The molecule has 0 heterocycles. The van der Waals surface area contributed by atoms with Crippen LogP contribution in [0.4, 0.5) is 5.69 Å². The minimum Gasteiger partial charge on any atom is -0.399 e. The number of hydrogen-bond donors (Lipinski definition) is 2. The van der Waals surface area contributed by atoms with Gasteiger partial charge in [-0.15, -0.1) is 0 Å². The molecule has 0 aliphatic heterocycles. The molecule has 2 heteroatoms. The van der Waals surface area contributed by atoms with Gasteiger partial charge in [-0.1, -0.05) is 18.2 Å². The van der Waals surface area contributed by atoms with Crippen LogP contribution < -0.4 is 5.73 Å². The summed E-state index contributed by atoms with van der Waals surface area (Å²) in [5.74, 6) is 0. The molecule has 0 aliphatic carbocycles. The fourth-order valence-corrected chi connectivity index (χ4v) is 1.13. The van der Waals surface area contributed by atoms with E-state index in [4.69, 9.17) is 10.8 Å². The first kappa shape index (κ1) is 9.07. The second kappa shape index (κ2) is 4.12. The molecule has 66 valence electrons. The number of anilines is 1. The smallest absolute Gasteiger partial charge is 0.0515 e. The standard InChI is InChI=1S/C10H15NO/c1-8(12)6-7-9-4-2-3-5-10(9)11/h2-5,8,12H,6-7,11H2,1H3/t8-/m0/s1. The number of aliphatic hydroxyl groups excluding tert-OH is 1. The molecule has 12 heavy (non-hydrogen) atoms. The molecular formula is C10H15NO. The van der Waals surface area contributed by atoms with Crippen LogP contribution in [0.15, 0.2) is 24.3 Å². The van der Waals surface area contributed by atoms with Crippen molar-refractivity contribution in [2.75, 3.05) is 5.73 Å². The quantitative estimate of drug-likeness (QED) is 0.668. The Morgan fingerprint density at radius 2 is 2.08 bits per heavy atom. The Morgan fingerprint density at radius 3 is 2.67 bits per heavy atom. The van der Waals surface area contributed by atoms with E-state index in [0.717, 1.165) is 24.1 Å². The third-order valence-corrected chi connectivity index (χ3v) is 1.89. The molecule has 0 bridgehead atoms. The van der Waals surface area contributed by atoms with Crippen molar-refractivity contribution in [2.24, 2.45) is 0 Å². The van der Waals surface area contributed by atoms with Crippen LogP contribution in [0.5, 0.6) is 0 Å². The molecule has 0 saturated heterocycles. The Bertz CT molecular complexity index is 245. The maximum absolute atomic E-state index is 9.06. The number of nitrogens with two attached hydrogens (primary N) is 1. The minimum absolute atomic E-state index is 0.246. The highest BCUT2D eigenvalue weighted by Gasteiger charge is 1.99. The summed E-state index contributed by atoms with van der Waals surface area (Å²) in [7, 11) is 0. The lowest BCUT2D eigenvalue weighted by molar-refractivity contribution is 0.185. The van der Waals surface area contributed by atoms with E-state index in [2.05, 4.69) is 0 Å². The lowest BCUT2D eigenvalue weighted by Gasteiger charge is -2.06. The van der Waals surface area contributed by atoms with Gasteiger partial charge in [0.05, 0.1) is 6.10 Å². The highest BCUT2D eigenvalue weighted by atomic mass is 16.3. The lowest BCUT2D eigenvalue weighted by atomic mass is 10.1. The molecule has 0 saturated carbocycles. The second-order valence-corrected chi connectivity index (χ2v) is 3.09. The molecule has 1 atom stereocenters. The highest BCUT2D eigenvalue weighted by molar-refractivity contribution is 5.46. The van der Waals surface area contributed by atoms with Gasteiger partial charge in [0.15, 0.2) is 0 Å². The van der Waals surface area contributed by atoms with Gasteiger partial charge in [-0.25, -0.2) is 0 Å². The Morgan fingerprint density at radius 1 is 1.42 bits per heavy atom. The first-order valence-corrected chi connectivity index (χ1v) is 4.21. The Balaban J connectivity index is 2.57. The Labute approximate surface area is 73.0 Å². The van der Waals surface area contributed by atoms with E-state index in [-0.39, 0.29) is 6.10 Å². The van der Waals surface area contributed by atoms with Gasteiger partial charge in [-0.3, -0.25) is 0 Å². The van der Waals surface area contributed by atoms with Crippen LogP contribution in [0, 0.1) is 0 Å². The molecule has 1 rings (SSSR count). The van der Waals surface area contributed by atoms with Crippen molar-refractivity contribution in [3.8, 4) is 0 Å². The minimum atomic E-state index is -0.246. The molecule has 2 nitrogen and oxygen atoms in total. The van der Waals surface area contributed by atoms with E-state index in [1.54, 1.807) is 6.92 Å². The molecule has 0 fully saturated rings. The third kappa shape index (κ3) is 2.55. The van der Waals surface area contributed by atoms with Gasteiger partial charge in [0.25, 0.3) is 0 Å². The molecule has 0 radical (unpaired) electrons. The van der Waals surface area contributed by atoms with Crippen LogP contribution in [-0.4, -0.2) is 11.2 Å². The van der Waals surface area contributed by atoms with Crippen LogP contribution in [0.25, 0.3) is 0 Å². The molecule has 0 spiro atoms. The number of nitrogen functional groups attached to an aromatic ring is 1. The molecule has 0 aliphatic rings. The van der Waals surface area contributed by atoms with Crippen molar-refractivity contribution in [1.82, 2.24) is 0 Å². The van der Waals surface area contributed by atoms with Crippen LogP contribution in [0.3, 0.4) is 0 Å². The first-order chi connectivity index (χ1) is 5.70. The van der Waals surface area contributed by atoms with Gasteiger partial charge < -0.3 is 10.8 Å². The van der Waals surface area contributed by atoms with Crippen LogP contribution in [0.1, 0.15) is 18.9 Å². The number of aryl methyl sites for hydroxylation is 1. The van der Waals surface area contributed by atoms with E-state index in [9.17, 15) is 0 Å². The molecule has 1 aromatic rings. The summed E-state index contributed by atoms with van der Waals surface area (Å²) < 4.78 is 0. The molecule has 0 unspecified atom stereocenters. The van der Waals surface area contributed by atoms with Crippen molar-refractivity contribution in [3.63, 3.8) is 0 Å². The van der Waals surface area contributed by atoms with E-state index < -0.39 is 0 Å². The average molecular weight is 165 g/mol. The molecule has 1 aromatic carbocycles. The van der Waals surface area contributed by atoms with Crippen LogP contribution in [0.2, 0.25) is 0 Å². The third-order valence-electron chi connectivity index (χ3n) is 1.89. The number of benzene rings is 1. The van der Waals surface area contributed by atoms with Gasteiger partial charge in [0, 0.05) is 5.69 Å². The number of hydrogen-bond acceptors (Lipinski definition) is 2. The summed E-state index contributed by atoms with van der Waals surface area (Å²) in [5, 5.41) is 9.06. The topological polar surface area (TPSA) is 46.2 Å². The molecule has 3 N–H and O–H groups in total. The predicted molar refractivity (Wildman–Crippen MR) is 50.9 cm³/mol. The van der Waals surface area contributed by atoms with E-state index >= 15 is 0 Å². The summed E-state index contributed by atoms with van der Waals surface area (Å²) in [6.07, 6.45) is 1.38. The van der Waals surface area contributed by atoms with Crippen LogP contribution >= 0.6 is 0 Å². The van der Waals surface area contributed by atoms with Gasteiger partial charge >= 0.3 is 0 Å². The fraction of sp³-hybridized carbons (Fsp3) is 0.400. The highest BCUT2D eigenvalue weighted by Crippen LogP contribution is 2.13. The van der Waals surface area contributed by atoms with Crippen molar-refractivity contribution in [2.45, 2.75) is 25.9 Å². The van der Waals surface area contributed by atoms with Crippen molar-refractivity contribution >= 4 is 5.69 Å². The fourth-order valence-electron chi connectivity index (χ4n) is 1.13. The van der Waals surface area contributed by atoms with E-state index in [1.165, 1.54) is 0 Å². The molecule has 0 aromatic heterocycles. The summed E-state index contributed by atoms with van der Waals surface area (Å²) in [6.45, 7) is 1.79. The lowest BCUT2D eigenvalue weighted by Crippen LogP contribution is -2.03. The van der Waals surface area contributed by atoms with Crippen molar-refractivity contribution < 1.29 is 5.11 Å². The van der Waals surface area contributed by atoms with Crippen molar-refractivity contribution in [1.29, 1.82) is 0 Å². The number of aliphatic hydroxyl groups is 1. The van der Waals surface area contributed by atoms with Gasteiger partial charge in [0.1, 0.15) is 0 Å². The zero-order chi connectivity index (χ0) is 8.97. The zero-order valence-corrected chi connectivity index (χ0v) is 7.33. The SMILES string of the molecule is C[C@H](O)CCc1ccccc1N. The Hall–Kier alpha value is -1.02. The summed E-state index contributed by atoms with van der Waals surface area (Å²) in [5.41, 5.74) is 7.67. The monoisotopic (exact) mass is 165 g/mol. The summed E-state index contributed by atoms with van der Waals surface area (Å²) in [4.78, 5) is 0. The maximum Gasteiger partial charge on any atom is 0.0515 e. The van der Waals surface area contributed by atoms with Gasteiger partial charge in [-0.2, -0.15) is 0 Å². The van der Waals surface area contributed by atoms with E-state index in [1.807, 2.05) is 24.3 Å². The second-order valence-electron chi connectivity index (χ2n) is 3.09. The van der Waals surface area contributed by atoms with Crippen molar-refractivity contribution in [3.05, 3.63) is 29.8 Å². The first-order valence-electron chi connectivity index (χ1n) is 4.21. The molecular weight excluding hydrogens is 150 g/mol. The predicted octanol–water partition coefficient (Wildman–Crippen LogP) is 1.58. The number of rotatable bonds is 3. The van der Waals surface area contributed by atoms with Gasteiger partial charge in [-0.05, 0) is 31.4 Å². The van der Waals surface area contributed by atoms with E-state index in [0.29, 0.717) is 0 Å². The Kier molecular flexibility index (Phi) is 3.11. The summed E-state index contributed by atoms with van der Waals surface area (Å²) in [6, 6.07) is 7.77. The largest absolute Gasteiger partial charge is 0.399 e.